The lowest BCUT2D eigenvalue weighted by Gasteiger charge is -2.12. The molecule has 0 aliphatic carbocycles. The maximum Gasteiger partial charge on any atom is 0.331 e. The minimum Gasteiger partial charge on any atom is -0.466 e. The highest BCUT2D eigenvalue weighted by atomic mass is 32.2. The van der Waals surface area contributed by atoms with Crippen molar-refractivity contribution >= 4 is 46.8 Å². The standard InChI is InChI=1S/C27H22N4O5S/c1-36-23(32)16-22-24(33)29-27(37-22)30-28-17-19-12-6-5-11-18(19)10-4-2-3-9-15-31-25(34)20-13-7-8-14-21(20)26(31)35/h5-8,11-14,16-17H,2-3,9,15H2,1H3,(H,29,30,33)/b22-16+,28-17?. The molecule has 4 rings (SSSR count). The molecule has 37 heavy (non-hydrogen) atoms. The second-order valence-corrected chi connectivity index (χ2v) is 8.92. The zero-order chi connectivity index (χ0) is 26.2. The van der Waals surface area contributed by atoms with Gasteiger partial charge in [0.15, 0.2) is 5.17 Å². The van der Waals surface area contributed by atoms with E-state index in [9.17, 15) is 19.2 Å². The number of carbonyl (C=O) groups excluding carboxylic acids is 4. The summed E-state index contributed by atoms with van der Waals surface area (Å²) in [6, 6.07) is 14.3. The Kier molecular flexibility index (Phi) is 8.28. The minimum atomic E-state index is -0.626. The fourth-order valence-electron chi connectivity index (χ4n) is 3.59. The van der Waals surface area contributed by atoms with Gasteiger partial charge in [-0.3, -0.25) is 24.6 Å². The largest absolute Gasteiger partial charge is 0.466 e. The Bertz CT molecular complexity index is 1380. The summed E-state index contributed by atoms with van der Waals surface area (Å²) in [6.45, 7) is 0.364. The molecule has 0 radical (unpaired) electrons. The van der Waals surface area contributed by atoms with Crippen LogP contribution in [0.3, 0.4) is 0 Å². The normalized spacial score (nSPS) is 16.8. The van der Waals surface area contributed by atoms with Crippen LogP contribution in [-0.4, -0.2) is 53.6 Å². The molecular formula is C27H22N4O5S. The van der Waals surface area contributed by atoms with Crippen LogP contribution in [0.15, 0.2) is 69.7 Å². The van der Waals surface area contributed by atoms with Crippen molar-refractivity contribution in [1.29, 1.82) is 0 Å². The Hall–Kier alpha value is -4.49. The van der Waals surface area contributed by atoms with Gasteiger partial charge in [0.25, 0.3) is 17.7 Å². The molecule has 0 saturated carbocycles. The fraction of sp³-hybridized carbons (Fsp3) is 0.185. The summed E-state index contributed by atoms with van der Waals surface area (Å²) in [5, 5.41) is 10.8. The lowest BCUT2D eigenvalue weighted by molar-refractivity contribution is -0.135. The highest BCUT2D eigenvalue weighted by Gasteiger charge is 2.34. The predicted molar refractivity (Wildman–Crippen MR) is 140 cm³/mol. The molecule has 3 amide bonds. The average molecular weight is 515 g/mol. The van der Waals surface area contributed by atoms with Gasteiger partial charge in [0.05, 0.1) is 29.4 Å². The van der Waals surface area contributed by atoms with Gasteiger partial charge in [-0.25, -0.2) is 4.79 Å². The molecule has 1 saturated heterocycles. The van der Waals surface area contributed by atoms with Gasteiger partial charge in [0.2, 0.25) is 0 Å². The van der Waals surface area contributed by atoms with E-state index in [1.54, 1.807) is 24.3 Å². The predicted octanol–water partition coefficient (Wildman–Crippen LogP) is 3.11. The highest BCUT2D eigenvalue weighted by molar-refractivity contribution is 8.18. The molecular weight excluding hydrogens is 492 g/mol. The first-order valence-electron chi connectivity index (χ1n) is 11.4. The maximum atomic E-state index is 12.4. The van der Waals surface area contributed by atoms with Gasteiger partial charge in [-0.1, -0.05) is 42.2 Å². The van der Waals surface area contributed by atoms with Crippen LogP contribution in [0.5, 0.6) is 0 Å². The van der Waals surface area contributed by atoms with Crippen molar-refractivity contribution in [3.63, 3.8) is 0 Å². The highest BCUT2D eigenvalue weighted by Crippen LogP contribution is 2.24. The Morgan fingerprint density at radius 2 is 1.76 bits per heavy atom. The van der Waals surface area contributed by atoms with E-state index in [0.717, 1.165) is 35.4 Å². The molecule has 2 aliphatic heterocycles. The number of carbonyl (C=O) groups is 4. The number of nitrogens with zero attached hydrogens (tertiary/aromatic N) is 3. The van der Waals surface area contributed by atoms with Gasteiger partial charge >= 0.3 is 5.97 Å². The first kappa shape index (κ1) is 25.6. The zero-order valence-corrected chi connectivity index (χ0v) is 20.7. The molecule has 0 atom stereocenters. The number of methoxy groups -OCH3 is 1. The molecule has 186 valence electrons. The number of unbranched alkanes of at least 4 members (excludes halogenated alkanes) is 2. The van der Waals surface area contributed by atoms with Crippen LogP contribution >= 0.6 is 11.8 Å². The third-order valence-electron chi connectivity index (χ3n) is 5.44. The molecule has 2 aromatic carbocycles. The van der Waals surface area contributed by atoms with Crippen LogP contribution in [0, 0.1) is 11.8 Å². The van der Waals surface area contributed by atoms with Crippen LogP contribution in [0.4, 0.5) is 0 Å². The molecule has 2 aliphatic rings. The van der Waals surface area contributed by atoms with E-state index >= 15 is 0 Å². The van der Waals surface area contributed by atoms with Crippen molar-refractivity contribution < 1.29 is 23.9 Å². The molecule has 1 N–H and O–H groups in total. The molecule has 0 bridgehead atoms. The average Bonchev–Trinajstić information content (AvgIpc) is 3.37. The number of fused-ring (bicyclic) bond motifs is 1. The topological polar surface area (TPSA) is 118 Å². The first-order chi connectivity index (χ1) is 18.0. The van der Waals surface area contributed by atoms with E-state index in [0.29, 0.717) is 30.5 Å². The summed E-state index contributed by atoms with van der Waals surface area (Å²) in [7, 11) is 1.23. The van der Waals surface area contributed by atoms with Crippen molar-refractivity contribution in [3.8, 4) is 11.8 Å². The van der Waals surface area contributed by atoms with E-state index < -0.39 is 11.9 Å². The van der Waals surface area contributed by atoms with E-state index in [2.05, 4.69) is 32.1 Å². The summed E-state index contributed by atoms with van der Waals surface area (Å²) in [5.41, 5.74) is 2.44. The van der Waals surface area contributed by atoms with Gasteiger partial charge in [-0.05, 0) is 42.8 Å². The van der Waals surface area contributed by atoms with Crippen molar-refractivity contribution in [2.75, 3.05) is 13.7 Å². The van der Waals surface area contributed by atoms with Crippen molar-refractivity contribution in [1.82, 2.24) is 10.2 Å². The SMILES string of the molecule is COC(=O)/C=C1/S/C(=N\N=Cc2ccccc2C#CCCCCN2C(=O)c3ccccc3C2=O)NC1=O. The lowest BCUT2D eigenvalue weighted by Crippen LogP contribution is -2.30. The Morgan fingerprint density at radius 3 is 2.49 bits per heavy atom. The zero-order valence-electron chi connectivity index (χ0n) is 19.9. The van der Waals surface area contributed by atoms with Crippen LogP contribution in [0.25, 0.3) is 0 Å². The molecule has 2 aromatic rings. The summed E-state index contributed by atoms with van der Waals surface area (Å²) >= 11 is 0.991. The number of hydrogen-bond acceptors (Lipinski definition) is 8. The quantitative estimate of drug-likeness (QED) is 0.115. The van der Waals surface area contributed by atoms with Gasteiger partial charge in [-0.15, -0.1) is 5.10 Å². The van der Waals surface area contributed by atoms with Crippen molar-refractivity contribution in [3.05, 3.63) is 81.8 Å². The van der Waals surface area contributed by atoms with Crippen LogP contribution < -0.4 is 5.32 Å². The molecule has 9 nitrogen and oxygen atoms in total. The van der Waals surface area contributed by atoms with Gasteiger partial charge in [0.1, 0.15) is 0 Å². The van der Waals surface area contributed by atoms with Crippen molar-refractivity contribution in [2.45, 2.75) is 19.3 Å². The second-order valence-electron chi connectivity index (χ2n) is 7.89. The number of benzene rings is 2. The number of ether oxygens (including phenoxy) is 1. The number of nitrogens with one attached hydrogen (secondary N) is 1. The third kappa shape index (κ3) is 6.20. The number of esters is 1. The van der Waals surface area contributed by atoms with Crippen LogP contribution in [0.2, 0.25) is 0 Å². The minimum absolute atomic E-state index is 0.176. The number of rotatable bonds is 7. The number of amidine groups is 1. The third-order valence-corrected chi connectivity index (χ3v) is 6.34. The lowest BCUT2D eigenvalue weighted by atomic mass is 10.1. The summed E-state index contributed by atoms with van der Waals surface area (Å²) < 4.78 is 4.53. The monoisotopic (exact) mass is 514 g/mol. The Morgan fingerprint density at radius 1 is 1.05 bits per heavy atom. The Labute approximate surface area is 217 Å². The molecule has 1 fully saturated rings. The molecule has 10 heteroatoms. The summed E-state index contributed by atoms with van der Waals surface area (Å²) in [5.74, 6) is 4.69. The van der Waals surface area contributed by atoms with E-state index in [4.69, 9.17) is 0 Å². The molecule has 0 unspecified atom stereocenters. The van der Waals surface area contributed by atoms with E-state index in [1.807, 2.05) is 24.3 Å². The fourth-order valence-corrected chi connectivity index (χ4v) is 4.33. The second kappa shape index (κ2) is 12.0. The first-order valence-corrected chi connectivity index (χ1v) is 12.2. The van der Waals surface area contributed by atoms with E-state index in [-0.39, 0.29) is 21.9 Å². The van der Waals surface area contributed by atoms with Gasteiger partial charge in [0, 0.05) is 30.2 Å². The van der Waals surface area contributed by atoms with Gasteiger partial charge < -0.3 is 4.74 Å². The molecule has 0 aromatic heterocycles. The Balaban J connectivity index is 1.29. The summed E-state index contributed by atoms with van der Waals surface area (Å²) in [6.07, 6.45) is 4.64. The number of imide groups is 1. The molecule has 0 spiro atoms. The molecule has 2 heterocycles. The van der Waals surface area contributed by atoms with Crippen molar-refractivity contribution in [2.24, 2.45) is 10.2 Å². The number of thioether (sulfide) groups is 1. The maximum absolute atomic E-state index is 12.4. The number of hydrogen-bond donors (Lipinski definition) is 1. The smallest absolute Gasteiger partial charge is 0.331 e. The van der Waals surface area contributed by atoms with Crippen LogP contribution in [-0.2, 0) is 14.3 Å². The van der Waals surface area contributed by atoms with Gasteiger partial charge in [-0.2, -0.15) is 5.10 Å². The van der Waals surface area contributed by atoms with E-state index in [1.165, 1.54) is 18.2 Å². The number of amides is 3. The summed E-state index contributed by atoms with van der Waals surface area (Å²) in [4.78, 5) is 49.5. The van der Waals surface area contributed by atoms with Crippen LogP contribution in [0.1, 0.15) is 51.1 Å².